The average Bonchev–Trinajstić information content (AvgIpc) is 2.24. The number of anilines is 1. The monoisotopic (exact) mass is 264 g/mol. The minimum atomic E-state index is -1.05. The second-order valence-corrected chi connectivity index (χ2v) is 5.37. The number of rotatable bonds is 5. The fourth-order valence-corrected chi connectivity index (χ4v) is 1.67. The molecule has 0 aliphatic carbocycles. The Morgan fingerprint density at radius 2 is 1.79 bits per heavy atom. The minimum absolute atomic E-state index is 0.0914. The van der Waals surface area contributed by atoms with E-state index in [-0.39, 0.29) is 18.9 Å². The zero-order valence-electron chi connectivity index (χ0n) is 11.5. The van der Waals surface area contributed by atoms with Crippen LogP contribution >= 0.6 is 0 Å². The summed E-state index contributed by atoms with van der Waals surface area (Å²) in [6, 6.07) is 7.15. The van der Waals surface area contributed by atoms with Crippen LogP contribution in [0, 0.1) is 6.92 Å². The van der Waals surface area contributed by atoms with Crippen LogP contribution < -0.4 is 10.6 Å². The summed E-state index contributed by atoms with van der Waals surface area (Å²) in [7, 11) is 0. The number of carboxylic acid groups (broad SMARTS) is 1. The molecule has 1 rings (SSSR count). The predicted octanol–water partition coefficient (Wildman–Crippen LogP) is 1.54. The van der Waals surface area contributed by atoms with Crippen molar-refractivity contribution in [3.05, 3.63) is 29.8 Å². The van der Waals surface area contributed by atoms with E-state index in [1.54, 1.807) is 26.0 Å². The Morgan fingerprint density at radius 1 is 1.26 bits per heavy atom. The van der Waals surface area contributed by atoms with Gasteiger partial charge in [0.1, 0.15) is 6.54 Å². The molecular weight excluding hydrogens is 244 g/mol. The summed E-state index contributed by atoms with van der Waals surface area (Å²) in [6.45, 7) is 5.03. The number of aryl methyl sites for hydroxylation is 1. The molecule has 0 saturated carbocycles. The first-order valence-corrected chi connectivity index (χ1v) is 6.07. The first kappa shape index (κ1) is 15.2. The molecule has 0 atom stereocenters. The molecule has 104 valence electrons. The molecule has 0 spiro atoms. The van der Waals surface area contributed by atoms with Gasteiger partial charge in [0.25, 0.3) is 0 Å². The van der Waals surface area contributed by atoms with Gasteiger partial charge < -0.3 is 15.7 Å². The van der Waals surface area contributed by atoms with E-state index >= 15 is 0 Å². The largest absolute Gasteiger partial charge is 0.480 e. The van der Waals surface area contributed by atoms with E-state index in [0.717, 1.165) is 5.56 Å². The molecule has 5 heteroatoms. The quantitative estimate of drug-likeness (QED) is 0.845. The Morgan fingerprint density at radius 3 is 2.21 bits per heavy atom. The molecule has 0 bridgehead atoms. The van der Waals surface area contributed by atoms with E-state index in [1.165, 1.54) is 4.90 Å². The van der Waals surface area contributed by atoms with Crippen molar-refractivity contribution in [3.63, 3.8) is 0 Å². The van der Waals surface area contributed by atoms with Crippen molar-refractivity contribution in [2.24, 2.45) is 5.73 Å². The van der Waals surface area contributed by atoms with Gasteiger partial charge in [-0.3, -0.25) is 9.59 Å². The lowest BCUT2D eigenvalue weighted by atomic mass is 10.0. The molecule has 0 heterocycles. The zero-order chi connectivity index (χ0) is 14.6. The molecule has 5 nitrogen and oxygen atoms in total. The fourth-order valence-electron chi connectivity index (χ4n) is 1.67. The Labute approximate surface area is 113 Å². The highest BCUT2D eigenvalue weighted by Crippen LogP contribution is 2.18. The van der Waals surface area contributed by atoms with E-state index in [1.807, 2.05) is 19.1 Å². The summed E-state index contributed by atoms with van der Waals surface area (Å²) in [5.41, 5.74) is 6.76. The van der Waals surface area contributed by atoms with E-state index in [9.17, 15) is 9.59 Å². The van der Waals surface area contributed by atoms with Gasteiger partial charge in [-0.15, -0.1) is 0 Å². The second-order valence-electron chi connectivity index (χ2n) is 5.37. The number of benzene rings is 1. The number of carboxylic acids is 1. The van der Waals surface area contributed by atoms with Crippen molar-refractivity contribution >= 4 is 17.6 Å². The van der Waals surface area contributed by atoms with Gasteiger partial charge in [-0.25, -0.2) is 0 Å². The molecule has 1 aromatic carbocycles. The number of nitrogens with zero attached hydrogens (tertiary/aromatic N) is 1. The first-order valence-electron chi connectivity index (χ1n) is 6.07. The van der Waals surface area contributed by atoms with Crippen LogP contribution in [-0.2, 0) is 9.59 Å². The maximum atomic E-state index is 12.2. The molecule has 1 aromatic rings. The third kappa shape index (κ3) is 5.09. The number of aliphatic carboxylic acids is 1. The summed E-state index contributed by atoms with van der Waals surface area (Å²) < 4.78 is 0. The average molecular weight is 264 g/mol. The molecule has 0 radical (unpaired) electrons. The van der Waals surface area contributed by atoms with Crippen LogP contribution in [0.15, 0.2) is 24.3 Å². The van der Waals surface area contributed by atoms with Crippen LogP contribution in [0.25, 0.3) is 0 Å². The molecule has 1 amide bonds. The summed E-state index contributed by atoms with van der Waals surface area (Å²) in [6.07, 6.45) is 0.0914. The number of carbonyl (C=O) groups excluding carboxylic acids is 1. The maximum absolute atomic E-state index is 12.2. The number of amides is 1. The summed E-state index contributed by atoms with van der Waals surface area (Å²) in [5.74, 6) is -1.34. The second kappa shape index (κ2) is 5.84. The molecule has 0 aliphatic heterocycles. The van der Waals surface area contributed by atoms with Crippen molar-refractivity contribution in [2.75, 3.05) is 11.4 Å². The Balaban J connectivity index is 2.97. The van der Waals surface area contributed by atoms with Gasteiger partial charge in [-0.2, -0.15) is 0 Å². The molecule has 0 aliphatic rings. The number of hydrogen-bond acceptors (Lipinski definition) is 3. The normalized spacial score (nSPS) is 11.2. The lowest BCUT2D eigenvalue weighted by Gasteiger charge is -2.25. The van der Waals surface area contributed by atoms with Gasteiger partial charge in [0.05, 0.1) is 0 Å². The van der Waals surface area contributed by atoms with Crippen molar-refractivity contribution in [3.8, 4) is 0 Å². The summed E-state index contributed by atoms with van der Waals surface area (Å²) in [4.78, 5) is 24.3. The highest BCUT2D eigenvalue weighted by Gasteiger charge is 2.24. The van der Waals surface area contributed by atoms with Crippen LogP contribution in [-0.4, -0.2) is 29.1 Å². The van der Waals surface area contributed by atoms with Crippen LogP contribution in [0.4, 0.5) is 5.69 Å². The predicted molar refractivity (Wildman–Crippen MR) is 74.1 cm³/mol. The zero-order valence-corrected chi connectivity index (χ0v) is 11.5. The highest BCUT2D eigenvalue weighted by atomic mass is 16.4. The molecule has 0 unspecified atom stereocenters. The van der Waals surface area contributed by atoms with Crippen LogP contribution in [0.3, 0.4) is 0 Å². The van der Waals surface area contributed by atoms with Gasteiger partial charge in [0, 0.05) is 17.6 Å². The third-order valence-electron chi connectivity index (χ3n) is 2.55. The summed E-state index contributed by atoms with van der Waals surface area (Å²) >= 11 is 0. The van der Waals surface area contributed by atoms with E-state index in [4.69, 9.17) is 10.8 Å². The highest BCUT2D eigenvalue weighted by molar-refractivity contribution is 5.97. The third-order valence-corrected chi connectivity index (χ3v) is 2.55. The number of carbonyl (C=O) groups is 2. The number of nitrogens with two attached hydrogens (primary N) is 1. The van der Waals surface area contributed by atoms with Crippen molar-refractivity contribution < 1.29 is 14.7 Å². The number of hydrogen-bond donors (Lipinski definition) is 2. The van der Waals surface area contributed by atoms with Crippen molar-refractivity contribution in [1.29, 1.82) is 0 Å². The molecular formula is C14H20N2O3. The maximum Gasteiger partial charge on any atom is 0.323 e. The standard InChI is InChI=1S/C14H20N2O3/c1-10-4-6-11(7-5-10)16(9-13(18)19)12(17)8-14(2,3)15/h4-7H,8-9,15H2,1-3H3,(H,18,19). The van der Waals surface area contributed by atoms with Gasteiger partial charge in [0.15, 0.2) is 0 Å². The molecule has 3 N–H and O–H groups in total. The molecule has 19 heavy (non-hydrogen) atoms. The van der Waals surface area contributed by atoms with Crippen molar-refractivity contribution in [2.45, 2.75) is 32.7 Å². The SMILES string of the molecule is Cc1ccc(N(CC(=O)O)C(=O)CC(C)(C)N)cc1. The Hall–Kier alpha value is -1.88. The first-order chi connectivity index (χ1) is 8.69. The van der Waals surface area contributed by atoms with Gasteiger partial charge in [-0.05, 0) is 32.9 Å². The molecule has 0 aromatic heterocycles. The Kier molecular flexibility index (Phi) is 4.67. The lowest BCUT2D eigenvalue weighted by Crippen LogP contribution is -2.43. The fraction of sp³-hybridized carbons (Fsp3) is 0.429. The Bertz CT molecular complexity index is 461. The topological polar surface area (TPSA) is 83.6 Å². The van der Waals surface area contributed by atoms with Gasteiger partial charge in [0.2, 0.25) is 5.91 Å². The van der Waals surface area contributed by atoms with Gasteiger partial charge in [-0.1, -0.05) is 17.7 Å². The van der Waals surface area contributed by atoms with Crippen LogP contribution in [0.2, 0.25) is 0 Å². The smallest absolute Gasteiger partial charge is 0.323 e. The minimum Gasteiger partial charge on any atom is -0.480 e. The van der Waals surface area contributed by atoms with E-state index in [0.29, 0.717) is 5.69 Å². The van der Waals surface area contributed by atoms with Gasteiger partial charge >= 0.3 is 5.97 Å². The van der Waals surface area contributed by atoms with E-state index < -0.39 is 11.5 Å². The van der Waals surface area contributed by atoms with E-state index in [2.05, 4.69) is 0 Å². The molecule has 0 fully saturated rings. The summed E-state index contributed by atoms with van der Waals surface area (Å²) in [5, 5.41) is 8.92. The lowest BCUT2D eigenvalue weighted by molar-refractivity contribution is -0.136. The van der Waals surface area contributed by atoms with Crippen LogP contribution in [0.5, 0.6) is 0 Å². The van der Waals surface area contributed by atoms with Crippen LogP contribution in [0.1, 0.15) is 25.8 Å². The van der Waals surface area contributed by atoms with Crippen molar-refractivity contribution in [1.82, 2.24) is 0 Å². The molecule has 0 saturated heterocycles.